The summed E-state index contributed by atoms with van der Waals surface area (Å²) >= 11 is 0. The fraction of sp³-hybridized carbons (Fsp3) is 1.00. The molecule has 0 saturated carbocycles. The SMILES string of the molecule is CCCCCCCCCCCCCCCCCCCCCCCCCCCC[N+](C)(C)C. The molecule has 194 valence electrons. The summed E-state index contributed by atoms with van der Waals surface area (Å²) in [6.07, 6.45) is 38.3. The largest absolute Gasteiger partial charge is 0.331 e. The van der Waals surface area contributed by atoms with Gasteiger partial charge in [0.2, 0.25) is 0 Å². The summed E-state index contributed by atoms with van der Waals surface area (Å²) in [6.45, 7) is 3.64. The van der Waals surface area contributed by atoms with E-state index >= 15 is 0 Å². The summed E-state index contributed by atoms with van der Waals surface area (Å²) in [6, 6.07) is 0. The smallest absolute Gasteiger partial charge is 0.0780 e. The Balaban J connectivity index is 3.02. The molecule has 0 fully saturated rings. The van der Waals surface area contributed by atoms with Crippen LogP contribution in [0.15, 0.2) is 0 Å². The van der Waals surface area contributed by atoms with Gasteiger partial charge in [-0.1, -0.05) is 161 Å². The first-order valence-electron chi connectivity index (χ1n) is 15.4. The normalized spacial score (nSPS) is 12.0. The molecule has 0 aromatic carbocycles. The fourth-order valence-corrected chi connectivity index (χ4v) is 4.90. The average molecular weight is 453 g/mol. The van der Waals surface area contributed by atoms with E-state index < -0.39 is 0 Å². The minimum Gasteiger partial charge on any atom is -0.331 e. The van der Waals surface area contributed by atoms with E-state index in [0.717, 1.165) is 4.48 Å². The van der Waals surface area contributed by atoms with Crippen LogP contribution >= 0.6 is 0 Å². The van der Waals surface area contributed by atoms with Crippen LogP contribution < -0.4 is 0 Å². The zero-order valence-electron chi connectivity index (χ0n) is 23.5. The molecule has 0 aliphatic rings. The van der Waals surface area contributed by atoms with E-state index in [1.807, 2.05) is 0 Å². The monoisotopic (exact) mass is 453 g/mol. The molecule has 0 radical (unpaired) electrons. The van der Waals surface area contributed by atoms with Crippen LogP contribution in [0.5, 0.6) is 0 Å². The molecule has 0 aromatic heterocycles. The number of nitrogens with zero attached hydrogens (tertiary/aromatic N) is 1. The van der Waals surface area contributed by atoms with Gasteiger partial charge in [-0.05, 0) is 12.8 Å². The Morgan fingerprint density at radius 3 is 0.656 bits per heavy atom. The third kappa shape index (κ3) is 30.0. The molecule has 0 bridgehead atoms. The van der Waals surface area contributed by atoms with Gasteiger partial charge in [0, 0.05) is 0 Å². The van der Waals surface area contributed by atoms with Crippen molar-refractivity contribution in [2.24, 2.45) is 0 Å². The van der Waals surface area contributed by atoms with Gasteiger partial charge >= 0.3 is 0 Å². The molecular weight excluding hydrogens is 386 g/mol. The summed E-state index contributed by atoms with van der Waals surface area (Å²) in [4.78, 5) is 0. The van der Waals surface area contributed by atoms with Crippen molar-refractivity contribution in [2.75, 3.05) is 27.7 Å². The molecule has 0 rings (SSSR count). The summed E-state index contributed by atoms with van der Waals surface area (Å²) < 4.78 is 1.12. The summed E-state index contributed by atoms with van der Waals surface area (Å²) in [7, 11) is 6.92. The fourth-order valence-electron chi connectivity index (χ4n) is 4.90. The van der Waals surface area contributed by atoms with Crippen LogP contribution in [0.25, 0.3) is 0 Å². The van der Waals surface area contributed by atoms with Gasteiger partial charge in [-0.15, -0.1) is 0 Å². The van der Waals surface area contributed by atoms with Gasteiger partial charge < -0.3 is 4.48 Å². The highest BCUT2D eigenvalue weighted by Gasteiger charge is 2.05. The highest BCUT2D eigenvalue weighted by molar-refractivity contribution is 4.52. The summed E-state index contributed by atoms with van der Waals surface area (Å²) in [5.74, 6) is 0. The maximum atomic E-state index is 2.31. The Morgan fingerprint density at radius 1 is 0.281 bits per heavy atom. The third-order valence-electron chi connectivity index (χ3n) is 7.18. The lowest BCUT2D eigenvalue weighted by Crippen LogP contribution is -2.35. The van der Waals surface area contributed by atoms with Crippen molar-refractivity contribution in [3.05, 3.63) is 0 Å². The van der Waals surface area contributed by atoms with E-state index in [0.29, 0.717) is 0 Å². The molecule has 0 aliphatic carbocycles. The van der Waals surface area contributed by atoms with Crippen LogP contribution in [0.3, 0.4) is 0 Å². The van der Waals surface area contributed by atoms with Gasteiger partial charge in [-0.25, -0.2) is 0 Å². The Morgan fingerprint density at radius 2 is 0.469 bits per heavy atom. The van der Waals surface area contributed by atoms with Gasteiger partial charge in [-0.2, -0.15) is 0 Å². The molecule has 1 heteroatoms. The van der Waals surface area contributed by atoms with Crippen LogP contribution in [-0.4, -0.2) is 32.2 Å². The number of rotatable bonds is 27. The zero-order chi connectivity index (χ0) is 23.6. The maximum Gasteiger partial charge on any atom is 0.0780 e. The Bertz CT molecular complexity index is 330. The molecule has 0 spiro atoms. The first-order valence-corrected chi connectivity index (χ1v) is 15.4. The topological polar surface area (TPSA) is 0 Å². The minimum absolute atomic E-state index is 1.12. The molecule has 0 amide bonds. The van der Waals surface area contributed by atoms with Crippen LogP contribution in [0, 0.1) is 0 Å². The number of hydrogen-bond donors (Lipinski definition) is 0. The van der Waals surface area contributed by atoms with E-state index in [4.69, 9.17) is 0 Å². The first kappa shape index (κ1) is 32.0. The second-order valence-electron chi connectivity index (χ2n) is 11.9. The zero-order valence-corrected chi connectivity index (χ0v) is 23.5. The van der Waals surface area contributed by atoms with Crippen LogP contribution in [0.4, 0.5) is 0 Å². The predicted octanol–water partition coefficient (Wildman–Crippen LogP) is 10.9. The Labute approximate surface area is 206 Å². The van der Waals surface area contributed by atoms with Gasteiger partial charge in [0.15, 0.2) is 0 Å². The van der Waals surface area contributed by atoms with Gasteiger partial charge in [-0.3, -0.25) is 0 Å². The van der Waals surface area contributed by atoms with Crippen molar-refractivity contribution in [3.8, 4) is 0 Å². The van der Waals surface area contributed by atoms with E-state index in [1.54, 1.807) is 0 Å². The van der Waals surface area contributed by atoms with E-state index in [-0.39, 0.29) is 0 Å². The average Bonchev–Trinajstić information content (AvgIpc) is 2.75. The molecule has 0 aliphatic heterocycles. The van der Waals surface area contributed by atoms with E-state index in [2.05, 4.69) is 28.1 Å². The molecule has 0 aromatic rings. The van der Waals surface area contributed by atoms with Crippen molar-refractivity contribution < 1.29 is 4.48 Å². The Kier molecular flexibility index (Phi) is 25.5. The van der Waals surface area contributed by atoms with Gasteiger partial charge in [0.1, 0.15) is 0 Å². The molecule has 0 atom stereocenters. The highest BCUT2D eigenvalue weighted by Crippen LogP contribution is 2.16. The molecule has 0 saturated heterocycles. The molecular formula is C31H66N+. The van der Waals surface area contributed by atoms with Crippen LogP contribution in [0.1, 0.15) is 174 Å². The van der Waals surface area contributed by atoms with Crippen molar-refractivity contribution >= 4 is 0 Å². The maximum absolute atomic E-state index is 2.31. The van der Waals surface area contributed by atoms with Crippen LogP contribution in [0.2, 0.25) is 0 Å². The van der Waals surface area contributed by atoms with Crippen LogP contribution in [-0.2, 0) is 0 Å². The highest BCUT2D eigenvalue weighted by atomic mass is 15.3. The van der Waals surface area contributed by atoms with Crippen molar-refractivity contribution in [1.29, 1.82) is 0 Å². The van der Waals surface area contributed by atoms with Crippen molar-refractivity contribution in [3.63, 3.8) is 0 Å². The lowest BCUT2D eigenvalue weighted by Gasteiger charge is -2.23. The molecule has 0 N–H and O–H groups in total. The van der Waals surface area contributed by atoms with Gasteiger partial charge in [0.05, 0.1) is 27.7 Å². The lowest BCUT2D eigenvalue weighted by atomic mass is 10.0. The minimum atomic E-state index is 1.12. The lowest BCUT2D eigenvalue weighted by molar-refractivity contribution is -0.870. The quantitative estimate of drug-likeness (QED) is 0.0858. The summed E-state index contributed by atoms with van der Waals surface area (Å²) in [5, 5.41) is 0. The molecule has 0 heterocycles. The number of quaternary nitrogens is 1. The van der Waals surface area contributed by atoms with E-state index in [9.17, 15) is 0 Å². The molecule has 0 unspecified atom stereocenters. The van der Waals surface area contributed by atoms with Gasteiger partial charge in [0.25, 0.3) is 0 Å². The standard InChI is InChI=1S/C31H66N/c1-5-6-7-8-9-10-11-12-13-14-15-16-17-18-19-20-21-22-23-24-25-26-27-28-29-30-31-32(2,3)4/h5-31H2,1-4H3/q+1. The van der Waals surface area contributed by atoms with E-state index in [1.165, 1.54) is 173 Å². The third-order valence-corrected chi connectivity index (χ3v) is 7.18. The Hall–Kier alpha value is -0.0400. The second-order valence-corrected chi connectivity index (χ2v) is 11.9. The second kappa shape index (κ2) is 25.6. The predicted molar refractivity (Wildman–Crippen MR) is 149 cm³/mol. The molecule has 32 heavy (non-hydrogen) atoms. The number of hydrogen-bond acceptors (Lipinski definition) is 0. The van der Waals surface area contributed by atoms with Crippen molar-refractivity contribution in [1.82, 2.24) is 0 Å². The number of unbranched alkanes of at least 4 members (excludes halogenated alkanes) is 25. The summed E-state index contributed by atoms with van der Waals surface area (Å²) in [5.41, 5.74) is 0. The van der Waals surface area contributed by atoms with Crippen molar-refractivity contribution in [2.45, 2.75) is 174 Å². The first-order chi connectivity index (χ1) is 15.6. The molecule has 1 nitrogen and oxygen atoms in total.